The number of nitrogens with zero attached hydrogens (tertiary/aromatic N) is 1. The van der Waals surface area contributed by atoms with Gasteiger partial charge in [-0.2, -0.15) is 5.26 Å². The normalized spacial score (nSPS) is 17.4. The molecule has 0 spiro atoms. The van der Waals surface area contributed by atoms with Gasteiger partial charge in [-0.25, -0.2) is 0 Å². The summed E-state index contributed by atoms with van der Waals surface area (Å²) in [7, 11) is 0. The lowest BCUT2D eigenvalue weighted by molar-refractivity contribution is 0.102. The van der Waals surface area contributed by atoms with E-state index in [1.165, 1.54) is 6.08 Å². The van der Waals surface area contributed by atoms with Crippen molar-refractivity contribution in [3.63, 3.8) is 0 Å². The number of hydrogen-bond donors (Lipinski definition) is 1. The molecule has 0 saturated heterocycles. The molecule has 0 fully saturated rings. The fourth-order valence-corrected chi connectivity index (χ4v) is 0.813. The Morgan fingerprint density at radius 2 is 2.25 bits per heavy atom. The quantitative estimate of drug-likeness (QED) is 0.514. The largest absolute Gasteiger partial charge is 0.385 e. The third kappa shape index (κ3) is 3.36. The maximum absolute atomic E-state index is 9.78. The molecule has 0 rings (SSSR count). The van der Waals surface area contributed by atoms with Gasteiger partial charge in [0.1, 0.15) is 0 Å². The van der Waals surface area contributed by atoms with Crippen LogP contribution in [0.25, 0.3) is 0 Å². The van der Waals surface area contributed by atoms with Gasteiger partial charge in [0.05, 0.1) is 11.7 Å². The zero-order valence-corrected chi connectivity index (χ0v) is 7.83. The monoisotopic (exact) mass is 165 g/mol. The predicted molar refractivity (Wildman–Crippen MR) is 49.4 cm³/mol. The Morgan fingerprint density at radius 1 is 1.67 bits per heavy atom. The third-order valence-electron chi connectivity index (χ3n) is 1.99. The first-order valence-electron chi connectivity index (χ1n) is 3.95. The first-order valence-corrected chi connectivity index (χ1v) is 3.95. The van der Waals surface area contributed by atoms with Crippen molar-refractivity contribution in [1.82, 2.24) is 0 Å². The fraction of sp³-hybridized carbons (Fsp3) is 0.500. The van der Waals surface area contributed by atoms with Crippen molar-refractivity contribution in [2.45, 2.75) is 32.8 Å². The average molecular weight is 165 g/mol. The Kier molecular flexibility index (Phi) is 4.31. The minimum absolute atomic E-state index is 0.483. The lowest BCUT2D eigenvalue weighted by Gasteiger charge is -2.22. The molecule has 66 valence electrons. The summed E-state index contributed by atoms with van der Waals surface area (Å²) in [6.07, 6.45) is 5.42. The molecule has 0 aromatic heterocycles. The van der Waals surface area contributed by atoms with Crippen LogP contribution in [0.1, 0.15) is 27.2 Å². The van der Waals surface area contributed by atoms with E-state index in [0.717, 1.165) is 5.57 Å². The van der Waals surface area contributed by atoms with Crippen LogP contribution in [0.5, 0.6) is 0 Å². The zero-order chi connectivity index (χ0) is 9.61. The van der Waals surface area contributed by atoms with Crippen LogP contribution in [-0.4, -0.2) is 10.7 Å². The van der Waals surface area contributed by atoms with Gasteiger partial charge in [0.15, 0.2) is 0 Å². The summed E-state index contributed by atoms with van der Waals surface area (Å²) in [5.41, 5.74) is 0.104. The fourth-order valence-electron chi connectivity index (χ4n) is 0.813. The Morgan fingerprint density at radius 3 is 2.67 bits per heavy atom. The molecule has 0 heterocycles. The molecule has 1 atom stereocenters. The second kappa shape index (κ2) is 4.74. The summed E-state index contributed by atoms with van der Waals surface area (Å²) in [4.78, 5) is 0. The minimum Gasteiger partial charge on any atom is -0.385 e. The molecular formula is C10H15NO. The summed E-state index contributed by atoms with van der Waals surface area (Å²) in [5.74, 6) is 0. The second-order valence-electron chi connectivity index (χ2n) is 2.98. The molecule has 2 heteroatoms. The van der Waals surface area contributed by atoms with Crippen molar-refractivity contribution in [2.24, 2.45) is 0 Å². The van der Waals surface area contributed by atoms with Gasteiger partial charge in [0, 0.05) is 6.08 Å². The highest BCUT2D eigenvalue weighted by Gasteiger charge is 2.19. The first kappa shape index (κ1) is 10.9. The second-order valence-corrected chi connectivity index (χ2v) is 2.98. The van der Waals surface area contributed by atoms with E-state index in [4.69, 9.17) is 5.26 Å². The highest BCUT2D eigenvalue weighted by atomic mass is 16.3. The maximum atomic E-state index is 9.78. The molecule has 0 aliphatic heterocycles. The van der Waals surface area contributed by atoms with Crippen LogP contribution in [-0.2, 0) is 0 Å². The van der Waals surface area contributed by atoms with E-state index in [1.807, 2.05) is 26.0 Å². The highest BCUT2D eigenvalue weighted by molar-refractivity contribution is 5.15. The highest BCUT2D eigenvalue weighted by Crippen LogP contribution is 2.19. The van der Waals surface area contributed by atoms with Gasteiger partial charge in [-0.15, -0.1) is 0 Å². The van der Waals surface area contributed by atoms with E-state index in [2.05, 4.69) is 0 Å². The third-order valence-corrected chi connectivity index (χ3v) is 1.99. The Balaban J connectivity index is 4.25. The van der Waals surface area contributed by atoms with Gasteiger partial charge in [-0.3, -0.25) is 0 Å². The molecule has 0 aliphatic carbocycles. The van der Waals surface area contributed by atoms with Crippen molar-refractivity contribution in [3.05, 3.63) is 23.8 Å². The molecule has 0 radical (unpaired) electrons. The van der Waals surface area contributed by atoms with Crippen LogP contribution >= 0.6 is 0 Å². The molecule has 0 aliphatic rings. The Bertz CT molecular complexity index is 231. The SMILES string of the molecule is C/C=C(\C)[C@@](C)(O)C/C=C\C#N. The molecule has 0 bridgehead atoms. The number of rotatable bonds is 3. The van der Waals surface area contributed by atoms with Crippen LogP contribution < -0.4 is 0 Å². The minimum atomic E-state index is -0.817. The van der Waals surface area contributed by atoms with Crippen LogP contribution in [0.3, 0.4) is 0 Å². The van der Waals surface area contributed by atoms with E-state index in [1.54, 1.807) is 13.0 Å². The number of nitriles is 1. The van der Waals surface area contributed by atoms with Gasteiger partial charge in [-0.1, -0.05) is 12.2 Å². The summed E-state index contributed by atoms with van der Waals surface area (Å²) >= 11 is 0. The van der Waals surface area contributed by atoms with Gasteiger partial charge in [-0.05, 0) is 32.8 Å². The van der Waals surface area contributed by atoms with E-state index < -0.39 is 5.60 Å². The number of aliphatic hydroxyl groups is 1. The average Bonchev–Trinajstić information content (AvgIpc) is 2.03. The summed E-state index contributed by atoms with van der Waals surface area (Å²) in [5, 5.41) is 18.0. The molecular weight excluding hydrogens is 150 g/mol. The molecule has 0 amide bonds. The number of allylic oxidation sites excluding steroid dienone is 2. The van der Waals surface area contributed by atoms with Crippen molar-refractivity contribution < 1.29 is 5.11 Å². The van der Waals surface area contributed by atoms with Gasteiger partial charge in [0.2, 0.25) is 0 Å². The van der Waals surface area contributed by atoms with Crippen LogP contribution in [0.2, 0.25) is 0 Å². The zero-order valence-electron chi connectivity index (χ0n) is 7.83. The Hall–Kier alpha value is -1.07. The van der Waals surface area contributed by atoms with E-state index >= 15 is 0 Å². The predicted octanol–water partition coefficient (Wildman–Crippen LogP) is 2.17. The maximum Gasteiger partial charge on any atom is 0.0908 e. The molecule has 1 N–H and O–H groups in total. The molecule has 0 unspecified atom stereocenters. The van der Waals surface area contributed by atoms with Crippen molar-refractivity contribution in [2.75, 3.05) is 0 Å². The summed E-state index contributed by atoms with van der Waals surface area (Å²) in [6, 6.07) is 1.89. The van der Waals surface area contributed by atoms with Crippen LogP contribution in [0.15, 0.2) is 23.8 Å². The molecule has 12 heavy (non-hydrogen) atoms. The smallest absolute Gasteiger partial charge is 0.0908 e. The molecule has 0 aromatic rings. The van der Waals surface area contributed by atoms with Gasteiger partial charge >= 0.3 is 0 Å². The lowest BCUT2D eigenvalue weighted by atomic mass is 9.93. The van der Waals surface area contributed by atoms with E-state index in [0.29, 0.717) is 6.42 Å². The lowest BCUT2D eigenvalue weighted by Crippen LogP contribution is -2.24. The van der Waals surface area contributed by atoms with E-state index in [9.17, 15) is 5.11 Å². The number of hydrogen-bond acceptors (Lipinski definition) is 2. The van der Waals surface area contributed by atoms with Gasteiger partial charge in [0.25, 0.3) is 0 Å². The van der Waals surface area contributed by atoms with Crippen LogP contribution in [0.4, 0.5) is 0 Å². The molecule has 0 saturated carbocycles. The van der Waals surface area contributed by atoms with Crippen molar-refractivity contribution in [3.8, 4) is 6.07 Å². The van der Waals surface area contributed by atoms with Crippen molar-refractivity contribution >= 4 is 0 Å². The summed E-state index contributed by atoms with van der Waals surface area (Å²) in [6.45, 7) is 5.50. The van der Waals surface area contributed by atoms with Crippen LogP contribution in [0, 0.1) is 11.3 Å². The topological polar surface area (TPSA) is 44.0 Å². The van der Waals surface area contributed by atoms with E-state index in [-0.39, 0.29) is 0 Å². The first-order chi connectivity index (χ1) is 5.54. The molecule has 2 nitrogen and oxygen atoms in total. The van der Waals surface area contributed by atoms with Crippen molar-refractivity contribution in [1.29, 1.82) is 5.26 Å². The Labute approximate surface area is 73.8 Å². The summed E-state index contributed by atoms with van der Waals surface area (Å²) < 4.78 is 0. The standard InChI is InChI=1S/C10H15NO/c1-4-9(2)10(3,12)7-5-6-8-11/h4-6,12H,7H2,1-3H3/b6-5-,9-4+/t10-/m0/s1. The molecule has 0 aromatic carbocycles. The van der Waals surface area contributed by atoms with Gasteiger partial charge < -0.3 is 5.11 Å².